The number of hydrogen-bond acceptors (Lipinski definition) is 6. The zero-order valence-electron chi connectivity index (χ0n) is 18.6. The van der Waals surface area contributed by atoms with E-state index in [-0.39, 0.29) is 17.5 Å². The van der Waals surface area contributed by atoms with Crippen molar-refractivity contribution < 1.29 is 14.3 Å². The van der Waals surface area contributed by atoms with E-state index in [2.05, 4.69) is 26.3 Å². The van der Waals surface area contributed by atoms with Crippen molar-refractivity contribution in [2.24, 2.45) is 0 Å². The number of rotatable bonds is 6. The largest absolute Gasteiger partial charge is 0.395 e. The molecule has 2 N–H and O–H groups in total. The minimum absolute atomic E-state index is 0.0302. The summed E-state index contributed by atoms with van der Waals surface area (Å²) < 4.78 is 15.0. The topological polar surface area (TPSA) is 97.4 Å². The number of anilines is 2. The number of nitrogens with zero attached hydrogens (tertiary/aromatic N) is 5. The van der Waals surface area contributed by atoms with Crippen molar-refractivity contribution in [3.63, 3.8) is 0 Å². The van der Waals surface area contributed by atoms with Crippen LogP contribution in [0.25, 0.3) is 5.69 Å². The number of benzene rings is 2. The Labute approximate surface area is 201 Å². The van der Waals surface area contributed by atoms with Gasteiger partial charge in [-0.3, -0.25) is 9.69 Å². The Morgan fingerprint density at radius 2 is 2.00 bits per heavy atom. The van der Waals surface area contributed by atoms with Gasteiger partial charge < -0.3 is 15.3 Å². The molecule has 1 amide bonds. The Bertz CT molecular complexity index is 1250. The maximum atomic E-state index is 13.5. The first-order valence-corrected chi connectivity index (χ1v) is 11.2. The quantitative estimate of drug-likeness (QED) is 0.560. The molecule has 2 aromatic carbocycles. The lowest BCUT2D eigenvalue weighted by molar-refractivity contribution is 0.102. The summed E-state index contributed by atoms with van der Waals surface area (Å²) in [5, 5.41) is 25.8. The van der Waals surface area contributed by atoms with Gasteiger partial charge in [0.15, 0.2) is 0 Å². The first kappa shape index (κ1) is 23.7. The molecule has 10 heteroatoms. The number of aliphatic hydroxyl groups is 1. The SMILES string of the molecule is Cc1c(C(=O)Nc2ccc(N3CCN(CCO)CC3)c(C#N)c2)cnn1-c1ccc(F)c(Cl)c1. The number of piperazine rings is 1. The van der Waals surface area contributed by atoms with Crippen LogP contribution in [0.2, 0.25) is 5.02 Å². The number of aliphatic hydroxyl groups excluding tert-OH is 1. The molecule has 0 spiro atoms. The zero-order chi connectivity index (χ0) is 24.2. The van der Waals surface area contributed by atoms with Crippen molar-refractivity contribution in [2.75, 3.05) is 49.5 Å². The fourth-order valence-corrected chi connectivity index (χ4v) is 4.22. The maximum Gasteiger partial charge on any atom is 0.259 e. The highest BCUT2D eigenvalue weighted by atomic mass is 35.5. The van der Waals surface area contributed by atoms with Gasteiger partial charge in [-0.05, 0) is 43.3 Å². The first-order chi connectivity index (χ1) is 16.4. The average molecular weight is 483 g/mol. The summed E-state index contributed by atoms with van der Waals surface area (Å²) >= 11 is 5.87. The number of aromatic nitrogens is 2. The summed E-state index contributed by atoms with van der Waals surface area (Å²) in [6, 6.07) is 11.7. The molecule has 34 heavy (non-hydrogen) atoms. The number of amides is 1. The first-order valence-electron chi connectivity index (χ1n) is 10.8. The predicted octanol–water partition coefficient (Wildman–Crippen LogP) is 3.21. The van der Waals surface area contributed by atoms with E-state index in [1.165, 1.54) is 29.1 Å². The van der Waals surface area contributed by atoms with Crippen LogP contribution in [-0.2, 0) is 0 Å². The number of carbonyl (C=O) groups is 1. The van der Waals surface area contributed by atoms with Gasteiger partial charge >= 0.3 is 0 Å². The van der Waals surface area contributed by atoms with Crippen molar-refractivity contribution >= 4 is 28.9 Å². The van der Waals surface area contributed by atoms with Gasteiger partial charge in [-0.1, -0.05) is 11.6 Å². The molecule has 1 fully saturated rings. The summed E-state index contributed by atoms with van der Waals surface area (Å²) in [6.07, 6.45) is 1.44. The van der Waals surface area contributed by atoms with E-state index in [4.69, 9.17) is 16.7 Å². The number of halogens is 2. The van der Waals surface area contributed by atoms with Gasteiger partial charge in [0.2, 0.25) is 0 Å². The summed E-state index contributed by atoms with van der Waals surface area (Å²) in [5.74, 6) is -0.900. The van der Waals surface area contributed by atoms with Crippen LogP contribution in [0.3, 0.4) is 0 Å². The third-order valence-corrected chi connectivity index (χ3v) is 6.20. The maximum absolute atomic E-state index is 13.5. The third-order valence-electron chi connectivity index (χ3n) is 5.91. The number of hydrogen-bond donors (Lipinski definition) is 2. The molecule has 0 atom stereocenters. The van der Waals surface area contributed by atoms with Gasteiger partial charge in [-0.2, -0.15) is 10.4 Å². The van der Waals surface area contributed by atoms with Crippen LogP contribution in [0.1, 0.15) is 21.6 Å². The van der Waals surface area contributed by atoms with Crippen LogP contribution in [0.4, 0.5) is 15.8 Å². The van der Waals surface area contributed by atoms with Crippen molar-refractivity contribution in [3.8, 4) is 11.8 Å². The fourth-order valence-electron chi connectivity index (χ4n) is 4.04. The normalized spacial score (nSPS) is 14.1. The molecular weight excluding hydrogens is 459 g/mol. The molecule has 1 saturated heterocycles. The van der Waals surface area contributed by atoms with Gasteiger partial charge in [-0.15, -0.1) is 0 Å². The number of nitriles is 1. The molecular formula is C24H24ClFN6O2. The lowest BCUT2D eigenvalue weighted by atomic mass is 10.1. The Hall–Kier alpha value is -3.45. The van der Waals surface area contributed by atoms with Crippen molar-refractivity contribution in [2.45, 2.75) is 6.92 Å². The molecule has 0 unspecified atom stereocenters. The predicted molar refractivity (Wildman–Crippen MR) is 128 cm³/mol. The lowest BCUT2D eigenvalue weighted by Crippen LogP contribution is -2.47. The van der Waals surface area contributed by atoms with E-state index in [0.29, 0.717) is 34.7 Å². The molecule has 1 aliphatic rings. The molecule has 2 heterocycles. The minimum atomic E-state index is -0.531. The van der Waals surface area contributed by atoms with E-state index in [1.54, 1.807) is 19.1 Å². The second-order valence-electron chi connectivity index (χ2n) is 8.00. The molecule has 1 aliphatic heterocycles. The molecule has 8 nitrogen and oxygen atoms in total. The van der Waals surface area contributed by atoms with Crippen molar-refractivity contribution in [3.05, 3.63) is 70.3 Å². The molecule has 0 aliphatic carbocycles. The van der Waals surface area contributed by atoms with Gasteiger partial charge in [0.1, 0.15) is 11.9 Å². The number of carbonyl (C=O) groups excluding carboxylic acids is 1. The summed E-state index contributed by atoms with van der Waals surface area (Å²) in [6.45, 7) is 5.65. The molecule has 0 bridgehead atoms. The lowest BCUT2D eigenvalue weighted by Gasteiger charge is -2.36. The molecule has 4 rings (SSSR count). The fraction of sp³-hybridized carbons (Fsp3) is 0.292. The highest BCUT2D eigenvalue weighted by Gasteiger charge is 2.20. The van der Waals surface area contributed by atoms with E-state index in [0.717, 1.165) is 31.9 Å². The number of β-amino-alcohol motifs (C(OH)–C–C–N with tert-alkyl or cyclic N) is 1. The van der Waals surface area contributed by atoms with Crippen LogP contribution in [-0.4, -0.2) is 65.0 Å². The summed E-state index contributed by atoms with van der Waals surface area (Å²) in [4.78, 5) is 17.2. The van der Waals surface area contributed by atoms with Gasteiger partial charge in [0.25, 0.3) is 5.91 Å². The molecule has 3 aromatic rings. The smallest absolute Gasteiger partial charge is 0.259 e. The second-order valence-corrected chi connectivity index (χ2v) is 8.41. The van der Waals surface area contributed by atoms with Gasteiger partial charge in [0.05, 0.1) is 46.0 Å². The molecule has 176 valence electrons. The molecule has 0 saturated carbocycles. The van der Waals surface area contributed by atoms with Crippen LogP contribution in [0.15, 0.2) is 42.6 Å². The van der Waals surface area contributed by atoms with Crippen molar-refractivity contribution in [1.29, 1.82) is 5.26 Å². The van der Waals surface area contributed by atoms with E-state index in [9.17, 15) is 14.4 Å². The highest BCUT2D eigenvalue weighted by molar-refractivity contribution is 6.30. The Kier molecular flexibility index (Phi) is 7.12. The van der Waals surface area contributed by atoms with E-state index >= 15 is 0 Å². The Morgan fingerprint density at radius 3 is 2.68 bits per heavy atom. The van der Waals surface area contributed by atoms with Crippen LogP contribution >= 0.6 is 11.6 Å². The van der Waals surface area contributed by atoms with E-state index in [1.807, 2.05) is 6.07 Å². The van der Waals surface area contributed by atoms with Crippen LogP contribution in [0, 0.1) is 24.1 Å². The van der Waals surface area contributed by atoms with Crippen molar-refractivity contribution in [1.82, 2.24) is 14.7 Å². The summed E-state index contributed by atoms with van der Waals surface area (Å²) in [5.41, 5.74) is 3.25. The number of nitrogens with one attached hydrogen (secondary N) is 1. The van der Waals surface area contributed by atoms with Gasteiger partial charge in [0, 0.05) is 38.4 Å². The van der Waals surface area contributed by atoms with E-state index < -0.39 is 5.82 Å². The van der Waals surface area contributed by atoms with Gasteiger partial charge in [-0.25, -0.2) is 9.07 Å². The molecule has 1 aromatic heterocycles. The Morgan fingerprint density at radius 1 is 1.24 bits per heavy atom. The zero-order valence-corrected chi connectivity index (χ0v) is 19.4. The van der Waals surface area contributed by atoms with Crippen LogP contribution < -0.4 is 10.2 Å². The monoisotopic (exact) mass is 482 g/mol. The minimum Gasteiger partial charge on any atom is -0.395 e. The average Bonchev–Trinajstić information content (AvgIpc) is 3.23. The Balaban J connectivity index is 1.49. The third kappa shape index (κ3) is 4.89. The standard InChI is InChI=1S/C24H24ClFN6O2/c1-16-20(15-28-32(16)19-3-4-22(26)21(25)13-19)24(34)29-18-2-5-23(17(12-18)14-27)31-8-6-30(7-9-31)10-11-33/h2-5,12-13,15,33H,6-11H2,1H3,(H,29,34). The highest BCUT2D eigenvalue weighted by Crippen LogP contribution is 2.26. The molecule has 0 radical (unpaired) electrons. The van der Waals surface area contributed by atoms with Crippen LogP contribution in [0.5, 0.6) is 0 Å². The second kappa shape index (κ2) is 10.2. The summed E-state index contributed by atoms with van der Waals surface area (Å²) in [7, 11) is 0.